The first-order chi connectivity index (χ1) is 27.9. The summed E-state index contributed by atoms with van der Waals surface area (Å²) in [7, 11) is -7.41. The third-order valence-electron chi connectivity index (χ3n) is 9.75. The maximum atomic E-state index is 13.5. The fraction of sp³-hybridized carbons (Fsp3) is 0.500. The van der Waals surface area contributed by atoms with Gasteiger partial charge in [-0.15, -0.1) is 0 Å². The van der Waals surface area contributed by atoms with Crippen LogP contribution >= 0.6 is 0 Å². The van der Waals surface area contributed by atoms with Crippen molar-refractivity contribution < 1.29 is 44.3 Å². The maximum absolute atomic E-state index is 13.5. The molecule has 0 spiro atoms. The Morgan fingerprint density at radius 2 is 1.16 bits per heavy atom. The van der Waals surface area contributed by atoms with Crippen LogP contribution in [0.2, 0.25) is 0 Å². The van der Waals surface area contributed by atoms with E-state index in [9.17, 15) is 26.4 Å². The molecule has 1 fully saturated rings. The normalized spacial score (nSPS) is 15.8. The number of amides is 2. The summed E-state index contributed by atoms with van der Waals surface area (Å²) in [6.45, 7) is 5.69. The van der Waals surface area contributed by atoms with Gasteiger partial charge in [0.1, 0.15) is 11.5 Å². The van der Waals surface area contributed by atoms with Crippen LogP contribution in [0.5, 0.6) is 11.5 Å². The quantitative estimate of drug-likeness (QED) is 0.0503. The van der Waals surface area contributed by atoms with E-state index < -0.39 is 44.3 Å². The van der Waals surface area contributed by atoms with Gasteiger partial charge in [-0.3, -0.25) is 18.0 Å². The van der Waals surface area contributed by atoms with Gasteiger partial charge in [0.2, 0.25) is 0 Å². The number of nitrogens with zero attached hydrogens (tertiary/aromatic N) is 1. The zero-order valence-corrected chi connectivity index (χ0v) is 35.7. The topological polar surface area (TPSA) is 155 Å². The van der Waals surface area contributed by atoms with Crippen LogP contribution in [0.3, 0.4) is 0 Å². The lowest BCUT2D eigenvalue weighted by molar-refractivity contribution is -0.142. The predicted octanol–water partition coefficient (Wildman–Crippen LogP) is 8.07. The largest absolute Gasteiger partial charge is 0.485 e. The first-order valence-corrected chi connectivity index (χ1v) is 23.6. The molecule has 1 saturated heterocycles. The Balaban J connectivity index is 1.35. The molecule has 2 atom stereocenters. The lowest BCUT2D eigenvalue weighted by atomic mass is 10.0. The highest BCUT2D eigenvalue weighted by Gasteiger charge is 2.40. The van der Waals surface area contributed by atoms with Crippen LogP contribution in [0.15, 0.2) is 78.2 Å². The zero-order valence-electron chi connectivity index (χ0n) is 34.1. The van der Waals surface area contributed by atoms with Gasteiger partial charge in [0.25, 0.3) is 20.2 Å². The summed E-state index contributed by atoms with van der Waals surface area (Å²) < 4.78 is 70.0. The van der Waals surface area contributed by atoms with E-state index >= 15 is 0 Å². The average Bonchev–Trinajstić information content (AvgIpc) is 3.59. The lowest BCUT2D eigenvalue weighted by Gasteiger charge is -2.21. The molecule has 3 aromatic carbocycles. The Hall–Kier alpha value is -4.24. The summed E-state index contributed by atoms with van der Waals surface area (Å²) in [5.41, 5.74) is 3.09. The fourth-order valence-corrected chi connectivity index (χ4v) is 8.32. The minimum absolute atomic E-state index is 0.0286. The standard InChI is InChI=1S/C44H60N2O10S2/c1-4-7-8-9-10-11-12-13-14-15-16-35-17-23-38(24-18-35)45-43(47)44(48)46-33-41(55-39-25-19-36(20-26-39)29-31-57(49,50)53-5-2)42(34-46)56-40-27-21-37(22-28-40)30-32-58(51,52)54-6-3/h17-29,31,41-42H,4-16,30,32-34H2,1-3H3,(H,45,47)/b31-29+/t41-,42+/m1/s1. The monoisotopic (exact) mass is 840 g/mol. The maximum Gasteiger partial charge on any atom is 0.313 e. The number of unbranched alkanes of at least 4 members (excludes halogenated alkanes) is 9. The third kappa shape index (κ3) is 16.6. The molecule has 0 saturated carbocycles. The molecule has 3 aromatic rings. The smallest absolute Gasteiger partial charge is 0.313 e. The van der Waals surface area contributed by atoms with E-state index in [0.29, 0.717) is 22.7 Å². The van der Waals surface area contributed by atoms with Crippen LogP contribution in [0, 0.1) is 0 Å². The van der Waals surface area contributed by atoms with Crippen molar-refractivity contribution in [3.63, 3.8) is 0 Å². The predicted molar refractivity (Wildman–Crippen MR) is 228 cm³/mol. The number of nitrogens with one attached hydrogen (secondary N) is 1. The molecule has 2 amide bonds. The molecule has 1 aliphatic rings. The molecule has 318 valence electrons. The van der Waals surface area contributed by atoms with Crippen molar-refractivity contribution >= 4 is 43.8 Å². The highest BCUT2D eigenvalue weighted by molar-refractivity contribution is 7.89. The number of ether oxygens (including phenoxy) is 2. The zero-order chi connectivity index (χ0) is 41.8. The number of rotatable bonds is 25. The van der Waals surface area contributed by atoms with E-state index in [1.807, 2.05) is 24.3 Å². The minimum Gasteiger partial charge on any atom is -0.485 e. The molecule has 12 nitrogen and oxygen atoms in total. The summed E-state index contributed by atoms with van der Waals surface area (Å²) in [4.78, 5) is 28.1. The van der Waals surface area contributed by atoms with E-state index in [1.54, 1.807) is 62.4 Å². The molecule has 14 heteroatoms. The van der Waals surface area contributed by atoms with Crippen LogP contribution < -0.4 is 14.8 Å². The van der Waals surface area contributed by atoms with Crippen molar-refractivity contribution in [1.29, 1.82) is 0 Å². The Kier molecular flexibility index (Phi) is 19.2. The number of hydrogen-bond donors (Lipinski definition) is 1. The molecule has 1 aliphatic heterocycles. The van der Waals surface area contributed by atoms with Crippen molar-refractivity contribution in [3.05, 3.63) is 94.9 Å². The summed E-state index contributed by atoms with van der Waals surface area (Å²) in [5.74, 6) is -0.727. The van der Waals surface area contributed by atoms with Gasteiger partial charge in [0.15, 0.2) is 12.2 Å². The fourth-order valence-electron chi connectivity index (χ4n) is 6.62. The number of aryl methyl sites for hydroxylation is 2. The Morgan fingerprint density at radius 1 is 0.655 bits per heavy atom. The molecule has 0 bridgehead atoms. The number of anilines is 1. The number of likely N-dealkylation sites (tertiary alicyclic amines) is 1. The van der Waals surface area contributed by atoms with Gasteiger partial charge in [-0.2, -0.15) is 16.8 Å². The lowest BCUT2D eigenvalue weighted by Crippen LogP contribution is -2.39. The van der Waals surface area contributed by atoms with Crippen LogP contribution in [0.4, 0.5) is 5.69 Å². The minimum atomic E-state index is -3.80. The van der Waals surface area contributed by atoms with E-state index in [-0.39, 0.29) is 38.5 Å². The second kappa shape index (κ2) is 24.0. The highest BCUT2D eigenvalue weighted by atomic mass is 32.2. The number of carbonyl (C=O) groups excluding carboxylic acids is 2. The molecule has 1 N–H and O–H groups in total. The first kappa shape index (κ1) is 46.4. The second-order valence-electron chi connectivity index (χ2n) is 14.4. The average molecular weight is 841 g/mol. The molecular formula is C44H60N2O10S2. The van der Waals surface area contributed by atoms with Crippen molar-refractivity contribution in [2.75, 3.05) is 37.4 Å². The molecule has 1 heterocycles. The molecule has 0 unspecified atom stereocenters. The van der Waals surface area contributed by atoms with E-state index in [4.69, 9.17) is 17.8 Å². The molecule has 0 aromatic heterocycles. The Morgan fingerprint density at radius 3 is 1.71 bits per heavy atom. The molecule has 0 aliphatic carbocycles. The van der Waals surface area contributed by atoms with Crippen molar-refractivity contribution in [3.8, 4) is 11.5 Å². The molecule has 4 rings (SSSR count). The van der Waals surface area contributed by atoms with E-state index in [0.717, 1.165) is 23.8 Å². The van der Waals surface area contributed by atoms with Gasteiger partial charge in [0, 0.05) is 5.69 Å². The first-order valence-electron chi connectivity index (χ1n) is 20.6. The third-order valence-corrected chi connectivity index (χ3v) is 12.1. The van der Waals surface area contributed by atoms with Gasteiger partial charge in [-0.1, -0.05) is 101 Å². The molecule has 0 radical (unpaired) electrons. The van der Waals surface area contributed by atoms with Gasteiger partial charge in [-0.05, 0) is 92.3 Å². The number of benzene rings is 3. The molecule has 58 heavy (non-hydrogen) atoms. The SMILES string of the molecule is CCCCCCCCCCCCc1ccc(NC(=O)C(=O)N2C[C@H](Oc3ccc(CCS(=O)(=O)OCC)cc3)[C@H](Oc3ccc(/C=C/S(=O)(=O)OCC)cc3)C2)cc1. The second-order valence-corrected chi connectivity index (χ2v) is 17.7. The number of carbonyl (C=O) groups is 2. The van der Waals surface area contributed by atoms with Crippen LogP contribution in [0.1, 0.15) is 102 Å². The number of hydrogen-bond acceptors (Lipinski definition) is 10. The van der Waals surface area contributed by atoms with Gasteiger partial charge in [0.05, 0.1) is 37.5 Å². The summed E-state index contributed by atoms with van der Waals surface area (Å²) >= 11 is 0. The van der Waals surface area contributed by atoms with E-state index in [2.05, 4.69) is 12.2 Å². The van der Waals surface area contributed by atoms with Crippen molar-refractivity contribution in [1.82, 2.24) is 4.90 Å². The Bertz CT molecular complexity index is 1950. The van der Waals surface area contributed by atoms with Crippen LogP contribution in [0.25, 0.3) is 6.08 Å². The summed E-state index contributed by atoms with van der Waals surface area (Å²) in [5, 5.41) is 3.72. The van der Waals surface area contributed by atoms with Crippen molar-refractivity contribution in [2.24, 2.45) is 0 Å². The molecular weight excluding hydrogens is 781 g/mol. The van der Waals surface area contributed by atoms with Gasteiger partial charge < -0.3 is 19.7 Å². The summed E-state index contributed by atoms with van der Waals surface area (Å²) in [6, 6.07) is 21.3. The van der Waals surface area contributed by atoms with Gasteiger partial charge >= 0.3 is 11.8 Å². The summed E-state index contributed by atoms with van der Waals surface area (Å²) in [6.07, 6.45) is 14.1. The van der Waals surface area contributed by atoms with Crippen LogP contribution in [-0.4, -0.2) is 77.8 Å². The highest BCUT2D eigenvalue weighted by Crippen LogP contribution is 2.25. The van der Waals surface area contributed by atoms with Gasteiger partial charge in [-0.25, -0.2) is 0 Å². The van der Waals surface area contributed by atoms with Crippen LogP contribution in [-0.2, 0) is 51.0 Å². The van der Waals surface area contributed by atoms with Crippen molar-refractivity contribution in [2.45, 2.75) is 110 Å². The van der Waals surface area contributed by atoms with E-state index in [1.165, 1.54) is 74.3 Å². The Labute approximate surface area is 345 Å².